The predicted octanol–water partition coefficient (Wildman–Crippen LogP) is 2.75. The van der Waals surface area contributed by atoms with Crippen molar-refractivity contribution >= 4 is 17.7 Å². The van der Waals surface area contributed by atoms with Crippen LogP contribution in [0.5, 0.6) is 0 Å². The molecule has 0 aromatic carbocycles. The summed E-state index contributed by atoms with van der Waals surface area (Å²) in [6, 6.07) is 0.154. The highest BCUT2D eigenvalue weighted by Gasteiger charge is 2.27. The first kappa shape index (κ1) is 16.6. The number of carbonyl (C=O) groups excluding carboxylic acids is 1. The van der Waals surface area contributed by atoms with Gasteiger partial charge in [-0.3, -0.25) is 4.79 Å². The smallest absolute Gasteiger partial charge is 0.372 e. The third-order valence-electron chi connectivity index (χ3n) is 3.06. The molecular formula is C12H20F3NO2S. The Morgan fingerprint density at radius 1 is 1.42 bits per heavy atom. The van der Waals surface area contributed by atoms with Crippen molar-refractivity contribution in [3.05, 3.63) is 0 Å². The molecule has 0 heterocycles. The number of carbonyl (C=O) groups is 1. The molecular weight excluding hydrogens is 279 g/mol. The molecule has 0 spiro atoms. The molecule has 0 aromatic heterocycles. The zero-order chi connectivity index (χ0) is 14.3. The van der Waals surface area contributed by atoms with Crippen LogP contribution in [0.1, 0.15) is 32.1 Å². The number of rotatable bonds is 6. The summed E-state index contributed by atoms with van der Waals surface area (Å²) in [7, 11) is 0. The third kappa shape index (κ3) is 7.67. The SMILES string of the molecule is CS[C@H]1CCC[C@@H](NC(=O)CCOCC(F)(F)F)C1. The quantitative estimate of drug-likeness (QED) is 0.766. The number of ether oxygens (including phenoxy) is 1. The van der Waals surface area contributed by atoms with Gasteiger partial charge >= 0.3 is 6.18 Å². The van der Waals surface area contributed by atoms with Crippen LogP contribution < -0.4 is 5.32 Å². The molecule has 1 N–H and O–H groups in total. The van der Waals surface area contributed by atoms with Crippen molar-refractivity contribution in [2.45, 2.75) is 49.6 Å². The molecule has 0 bridgehead atoms. The van der Waals surface area contributed by atoms with E-state index >= 15 is 0 Å². The van der Waals surface area contributed by atoms with E-state index in [1.165, 1.54) is 6.42 Å². The highest BCUT2D eigenvalue weighted by atomic mass is 32.2. The minimum atomic E-state index is -4.33. The van der Waals surface area contributed by atoms with Gasteiger partial charge in [-0.1, -0.05) is 6.42 Å². The molecule has 0 saturated heterocycles. The molecule has 1 aliphatic carbocycles. The molecule has 3 nitrogen and oxygen atoms in total. The van der Waals surface area contributed by atoms with E-state index < -0.39 is 12.8 Å². The average molecular weight is 299 g/mol. The van der Waals surface area contributed by atoms with Crippen LogP contribution in [0.4, 0.5) is 13.2 Å². The van der Waals surface area contributed by atoms with Crippen molar-refractivity contribution in [3.8, 4) is 0 Å². The number of thioether (sulfide) groups is 1. The second-order valence-electron chi connectivity index (χ2n) is 4.71. The Kier molecular flexibility index (Phi) is 6.99. The van der Waals surface area contributed by atoms with E-state index in [9.17, 15) is 18.0 Å². The van der Waals surface area contributed by atoms with Gasteiger partial charge in [-0.2, -0.15) is 24.9 Å². The summed E-state index contributed by atoms with van der Waals surface area (Å²) in [4.78, 5) is 11.6. The van der Waals surface area contributed by atoms with Gasteiger partial charge < -0.3 is 10.1 Å². The number of hydrogen-bond donors (Lipinski definition) is 1. The van der Waals surface area contributed by atoms with Crippen molar-refractivity contribution in [2.24, 2.45) is 0 Å². The largest absolute Gasteiger partial charge is 0.411 e. The summed E-state index contributed by atoms with van der Waals surface area (Å²) < 4.78 is 39.8. The molecule has 1 saturated carbocycles. The Hall–Kier alpha value is -0.430. The van der Waals surface area contributed by atoms with Crippen LogP contribution in [0, 0.1) is 0 Å². The molecule has 2 atom stereocenters. The maximum atomic E-state index is 11.8. The highest BCUT2D eigenvalue weighted by molar-refractivity contribution is 7.99. The number of alkyl halides is 3. The summed E-state index contributed by atoms with van der Waals surface area (Å²) in [5, 5.41) is 3.44. The first-order chi connectivity index (χ1) is 8.90. The molecule has 0 unspecified atom stereocenters. The van der Waals surface area contributed by atoms with E-state index in [2.05, 4.69) is 16.3 Å². The number of amides is 1. The second-order valence-corrected chi connectivity index (χ2v) is 5.84. The predicted molar refractivity (Wildman–Crippen MR) is 69.2 cm³/mol. The third-order valence-corrected chi connectivity index (χ3v) is 4.16. The molecule has 1 amide bonds. The van der Waals surface area contributed by atoms with Crippen molar-refractivity contribution < 1.29 is 22.7 Å². The van der Waals surface area contributed by atoms with Gasteiger partial charge in [-0.15, -0.1) is 0 Å². The molecule has 7 heteroatoms. The van der Waals surface area contributed by atoms with Crippen LogP contribution in [-0.4, -0.2) is 42.8 Å². The first-order valence-corrected chi connectivity index (χ1v) is 7.66. The van der Waals surface area contributed by atoms with E-state index in [0.29, 0.717) is 5.25 Å². The lowest BCUT2D eigenvalue weighted by molar-refractivity contribution is -0.174. The van der Waals surface area contributed by atoms with E-state index in [0.717, 1.165) is 19.3 Å². The average Bonchev–Trinajstić information content (AvgIpc) is 2.34. The van der Waals surface area contributed by atoms with Gasteiger partial charge in [0.05, 0.1) is 6.61 Å². The highest BCUT2D eigenvalue weighted by Crippen LogP contribution is 2.26. The lowest BCUT2D eigenvalue weighted by Crippen LogP contribution is -2.39. The topological polar surface area (TPSA) is 38.3 Å². The van der Waals surface area contributed by atoms with E-state index in [1.807, 2.05) is 0 Å². The van der Waals surface area contributed by atoms with Gasteiger partial charge in [0.25, 0.3) is 0 Å². The fourth-order valence-electron chi connectivity index (χ4n) is 2.14. The zero-order valence-electron chi connectivity index (χ0n) is 11.0. The van der Waals surface area contributed by atoms with Crippen molar-refractivity contribution in [2.75, 3.05) is 19.5 Å². The minimum Gasteiger partial charge on any atom is -0.372 e. The van der Waals surface area contributed by atoms with Gasteiger partial charge in [-0.05, 0) is 25.5 Å². The molecule has 1 aliphatic rings. The summed E-state index contributed by atoms with van der Waals surface area (Å²) in [6.07, 6.45) is 1.85. The van der Waals surface area contributed by atoms with Crippen LogP contribution >= 0.6 is 11.8 Å². The van der Waals surface area contributed by atoms with Gasteiger partial charge in [0, 0.05) is 17.7 Å². The number of halogens is 3. The van der Waals surface area contributed by atoms with Gasteiger partial charge in [0.15, 0.2) is 0 Å². The molecule has 1 rings (SSSR count). The van der Waals surface area contributed by atoms with Crippen molar-refractivity contribution in [1.82, 2.24) is 5.32 Å². The van der Waals surface area contributed by atoms with Crippen LogP contribution in [0.25, 0.3) is 0 Å². The molecule has 0 radical (unpaired) electrons. The second kappa shape index (κ2) is 7.99. The number of hydrogen-bond acceptors (Lipinski definition) is 3. The minimum absolute atomic E-state index is 0.0173. The molecule has 19 heavy (non-hydrogen) atoms. The lowest BCUT2D eigenvalue weighted by Gasteiger charge is -2.28. The summed E-state index contributed by atoms with van der Waals surface area (Å²) in [5.41, 5.74) is 0. The zero-order valence-corrected chi connectivity index (χ0v) is 11.8. The standard InChI is InChI=1S/C12H20F3NO2S/c1-19-10-4-2-3-9(7-10)16-11(17)5-6-18-8-12(13,14)15/h9-10H,2-8H2,1H3,(H,16,17)/t9-,10+/m1/s1. The van der Waals surface area contributed by atoms with Crippen molar-refractivity contribution in [1.29, 1.82) is 0 Å². The maximum absolute atomic E-state index is 11.8. The Labute approximate surface area is 115 Å². The molecule has 0 aliphatic heterocycles. The normalized spacial score (nSPS) is 24.2. The van der Waals surface area contributed by atoms with E-state index in [1.54, 1.807) is 11.8 Å². The monoisotopic (exact) mass is 299 g/mol. The van der Waals surface area contributed by atoms with E-state index in [-0.39, 0.29) is 25.0 Å². The molecule has 1 fully saturated rings. The first-order valence-electron chi connectivity index (χ1n) is 6.37. The fourth-order valence-corrected chi connectivity index (χ4v) is 2.97. The van der Waals surface area contributed by atoms with Gasteiger partial charge in [0.1, 0.15) is 6.61 Å². The molecule has 0 aromatic rings. The van der Waals surface area contributed by atoms with Gasteiger partial charge in [-0.25, -0.2) is 0 Å². The van der Waals surface area contributed by atoms with Crippen LogP contribution in [0.2, 0.25) is 0 Å². The van der Waals surface area contributed by atoms with Crippen LogP contribution in [-0.2, 0) is 9.53 Å². The fraction of sp³-hybridized carbons (Fsp3) is 0.917. The van der Waals surface area contributed by atoms with Crippen LogP contribution in [0.15, 0.2) is 0 Å². The Bertz CT molecular complexity index is 287. The molecule has 112 valence electrons. The van der Waals surface area contributed by atoms with Crippen LogP contribution in [0.3, 0.4) is 0 Å². The Morgan fingerprint density at radius 2 is 2.16 bits per heavy atom. The maximum Gasteiger partial charge on any atom is 0.411 e. The van der Waals surface area contributed by atoms with Crippen molar-refractivity contribution in [3.63, 3.8) is 0 Å². The Morgan fingerprint density at radius 3 is 2.79 bits per heavy atom. The van der Waals surface area contributed by atoms with E-state index in [4.69, 9.17) is 0 Å². The summed E-state index contributed by atoms with van der Waals surface area (Å²) in [5.74, 6) is -0.228. The Balaban J connectivity index is 2.13. The lowest BCUT2D eigenvalue weighted by atomic mass is 9.95. The number of nitrogens with one attached hydrogen (secondary N) is 1. The summed E-state index contributed by atoms with van der Waals surface area (Å²) in [6.45, 7) is -1.48. The summed E-state index contributed by atoms with van der Waals surface area (Å²) >= 11 is 1.80. The van der Waals surface area contributed by atoms with Gasteiger partial charge in [0.2, 0.25) is 5.91 Å².